The molecule has 1 rings (SSSR count). The molecule has 1 saturated carbocycles. The number of hydrogen-bond acceptors (Lipinski definition) is 2. The molecular weight excluding hydrogens is 184 g/mol. The summed E-state index contributed by atoms with van der Waals surface area (Å²) >= 11 is 0. The third-order valence-corrected chi connectivity index (χ3v) is 3.90. The summed E-state index contributed by atoms with van der Waals surface area (Å²) in [7, 11) is 4.45. The summed E-state index contributed by atoms with van der Waals surface area (Å²) in [4.78, 5) is 2.42. The third-order valence-electron chi connectivity index (χ3n) is 3.90. The zero-order valence-corrected chi connectivity index (χ0v) is 10.7. The Labute approximate surface area is 95.2 Å². The van der Waals surface area contributed by atoms with Gasteiger partial charge in [0, 0.05) is 6.04 Å². The summed E-state index contributed by atoms with van der Waals surface area (Å²) < 4.78 is 0. The number of hydrogen-bond donors (Lipinski definition) is 1. The Kier molecular flexibility index (Phi) is 5.62. The van der Waals surface area contributed by atoms with Crippen LogP contribution in [0.25, 0.3) is 0 Å². The molecular formula is C13H28N2. The largest absolute Gasteiger partial charge is 0.330 e. The maximum Gasteiger partial charge on any atom is 0.0120 e. The summed E-state index contributed by atoms with van der Waals surface area (Å²) in [5.41, 5.74) is 5.73. The Balaban J connectivity index is 2.48. The van der Waals surface area contributed by atoms with Crippen LogP contribution in [0.2, 0.25) is 0 Å². The highest BCUT2D eigenvalue weighted by atomic mass is 15.1. The van der Waals surface area contributed by atoms with Gasteiger partial charge < -0.3 is 10.6 Å². The van der Waals surface area contributed by atoms with E-state index in [9.17, 15) is 0 Å². The summed E-state index contributed by atoms with van der Waals surface area (Å²) in [6, 6.07) is 0.754. The first-order valence-electron chi connectivity index (χ1n) is 6.51. The van der Waals surface area contributed by atoms with E-state index in [-0.39, 0.29) is 0 Å². The zero-order chi connectivity index (χ0) is 11.3. The fourth-order valence-corrected chi connectivity index (χ4v) is 2.85. The SMILES string of the molecule is CC(CN)CC(C1CCCCC1)N(C)C. The van der Waals surface area contributed by atoms with Crippen LogP contribution in [0.4, 0.5) is 0 Å². The van der Waals surface area contributed by atoms with Gasteiger partial charge in [-0.25, -0.2) is 0 Å². The lowest BCUT2D eigenvalue weighted by Gasteiger charge is -2.36. The Bertz CT molecular complexity index is 162. The van der Waals surface area contributed by atoms with Crippen LogP contribution >= 0.6 is 0 Å². The lowest BCUT2D eigenvalue weighted by atomic mass is 9.80. The van der Waals surface area contributed by atoms with Crippen LogP contribution in [-0.2, 0) is 0 Å². The van der Waals surface area contributed by atoms with Gasteiger partial charge in [-0.1, -0.05) is 26.2 Å². The first-order valence-corrected chi connectivity index (χ1v) is 6.51. The van der Waals surface area contributed by atoms with Crippen LogP contribution in [0.5, 0.6) is 0 Å². The fourth-order valence-electron chi connectivity index (χ4n) is 2.85. The summed E-state index contributed by atoms with van der Waals surface area (Å²) in [6.07, 6.45) is 8.45. The van der Waals surface area contributed by atoms with Gasteiger partial charge in [0.15, 0.2) is 0 Å². The van der Waals surface area contributed by atoms with E-state index in [0.717, 1.165) is 18.5 Å². The topological polar surface area (TPSA) is 29.3 Å². The van der Waals surface area contributed by atoms with E-state index in [1.807, 2.05) is 0 Å². The van der Waals surface area contributed by atoms with Gasteiger partial charge in [-0.15, -0.1) is 0 Å². The van der Waals surface area contributed by atoms with Crippen LogP contribution in [0.15, 0.2) is 0 Å². The molecule has 0 radical (unpaired) electrons. The third kappa shape index (κ3) is 4.12. The highest BCUT2D eigenvalue weighted by molar-refractivity contribution is 4.80. The van der Waals surface area contributed by atoms with E-state index in [4.69, 9.17) is 5.73 Å². The lowest BCUT2D eigenvalue weighted by molar-refractivity contribution is 0.145. The van der Waals surface area contributed by atoms with Gasteiger partial charge in [0.2, 0.25) is 0 Å². The maximum absolute atomic E-state index is 5.73. The molecule has 0 heterocycles. The minimum absolute atomic E-state index is 0.666. The van der Waals surface area contributed by atoms with Gasteiger partial charge in [0.25, 0.3) is 0 Å². The van der Waals surface area contributed by atoms with Crippen molar-refractivity contribution >= 4 is 0 Å². The molecule has 2 nitrogen and oxygen atoms in total. The van der Waals surface area contributed by atoms with Gasteiger partial charge in [0.05, 0.1) is 0 Å². The fraction of sp³-hybridized carbons (Fsp3) is 1.00. The average Bonchev–Trinajstić information content (AvgIpc) is 2.26. The minimum Gasteiger partial charge on any atom is -0.330 e. The van der Waals surface area contributed by atoms with Crippen molar-refractivity contribution in [2.75, 3.05) is 20.6 Å². The molecule has 2 unspecified atom stereocenters. The molecule has 1 aliphatic rings. The molecule has 1 aliphatic carbocycles. The lowest BCUT2D eigenvalue weighted by Crippen LogP contribution is -2.38. The molecule has 0 aliphatic heterocycles. The predicted octanol–water partition coefficient (Wildman–Crippen LogP) is 2.48. The highest BCUT2D eigenvalue weighted by Crippen LogP contribution is 2.31. The standard InChI is InChI=1S/C13H28N2/c1-11(10-14)9-13(15(2)3)12-7-5-4-6-8-12/h11-13H,4-10,14H2,1-3H3. The molecule has 2 heteroatoms. The van der Waals surface area contributed by atoms with Gasteiger partial charge in [-0.05, 0) is 51.7 Å². The molecule has 0 amide bonds. The molecule has 2 atom stereocenters. The first-order chi connectivity index (χ1) is 7.15. The molecule has 15 heavy (non-hydrogen) atoms. The van der Waals surface area contributed by atoms with Crippen molar-refractivity contribution in [1.29, 1.82) is 0 Å². The van der Waals surface area contributed by atoms with Gasteiger partial charge in [-0.3, -0.25) is 0 Å². The molecule has 0 aromatic heterocycles. The normalized spacial score (nSPS) is 23.0. The molecule has 90 valence electrons. The Hall–Kier alpha value is -0.0800. The van der Waals surface area contributed by atoms with Crippen molar-refractivity contribution < 1.29 is 0 Å². The van der Waals surface area contributed by atoms with Crippen molar-refractivity contribution in [2.24, 2.45) is 17.6 Å². The minimum atomic E-state index is 0.666. The molecule has 0 aromatic rings. The predicted molar refractivity (Wildman–Crippen MR) is 66.9 cm³/mol. The zero-order valence-electron chi connectivity index (χ0n) is 10.7. The monoisotopic (exact) mass is 212 g/mol. The van der Waals surface area contributed by atoms with Gasteiger partial charge >= 0.3 is 0 Å². The quantitative estimate of drug-likeness (QED) is 0.758. The van der Waals surface area contributed by atoms with E-state index in [0.29, 0.717) is 5.92 Å². The Morgan fingerprint density at radius 3 is 2.27 bits per heavy atom. The van der Waals surface area contributed by atoms with E-state index < -0.39 is 0 Å². The first kappa shape index (κ1) is 13.0. The van der Waals surface area contributed by atoms with E-state index >= 15 is 0 Å². The van der Waals surface area contributed by atoms with Crippen molar-refractivity contribution in [2.45, 2.75) is 51.5 Å². The van der Waals surface area contributed by atoms with Crippen LogP contribution < -0.4 is 5.73 Å². The molecule has 0 spiro atoms. The van der Waals surface area contributed by atoms with Crippen LogP contribution in [-0.4, -0.2) is 31.6 Å². The Morgan fingerprint density at radius 2 is 1.80 bits per heavy atom. The maximum atomic E-state index is 5.73. The van der Waals surface area contributed by atoms with Crippen LogP contribution in [0.1, 0.15) is 45.4 Å². The molecule has 0 bridgehead atoms. The second kappa shape index (κ2) is 6.49. The van der Waals surface area contributed by atoms with E-state index in [2.05, 4.69) is 25.9 Å². The van der Waals surface area contributed by atoms with Gasteiger partial charge in [-0.2, -0.15) is 0 Å². The van der Waals surface area contributed by atoms with Crippen LogP contribution in [0, 0.1) is 11.8 Å². The van der Waals surface area contributed by atoms with Crippen molar-refractivity contribution in [3.05, 3.63) is 0 Å². The second-order valence-corrected chi connectivity index (χ2v) is 5.51. The summed E-state index contributed by atoms with van der Waals surface area (Å²) in [5.74, 6) is 1.59. The van der Waals surface area contributed by atoms with E-state index in [1.165, 1.54) is 38.5 Å². The highest BCUT2D eigenvalue weighted by Gasteiger charge is 2.26. The number of nitrogens with two attached hydrogens (primary N) is 1. The van der Waals surface area contributed by atoms with Crippen molar-refractivity contribution in [1.82, 2.24) is 4.90 Å². The van der Waals surface area contributed by atoms with E-state index in [1.54, 1.807) is 0 Å². The van der Waals surface area contributed by atoms with Gasteiger partial charge in [0.1, 0.15) is 0 Å². The van der Waals surface area contributed by atoms with Crippen molar-refractivity contribution in [3.8, 4) is 0 Å². The number of nitrogens with zero attached hydrogens (tertiary/aromatic N) is 1. The van der Waals surface area contributed by atoms with Crippen LogP contribution in [0.3, 0.4) is 0 Å². The van der Waals surface area contributed by atoms with Crippen molar-refractivity contribution in [3.63, 3.8) is 0 Å². The molecule has 0 saturated heterocycles. The number of rotatable bonds is 5. The second-order valence-electron chi connectivity index (χ2n) is 5.51. The molecule has 1 fully saturated rings. The summed E-state index contributed by atoms with van der Waals surface area (Å²) in [6.45, 7) is 3.11. The molecule has 2 N–H and O–H groups in total. The Morgan fingerprint density at radius 1 is 1.20 bits per heavy atom. The average molecular weight is 212 g/mol. The smallest absolute Gasteiger partial charge is 0.0120 e. The summed E-state index contributed by atoms with van der Waals surface area (Å²) in [5, 5.41) is 0. The molecule has 0 aromatic carbocycles.